The quantitative estimate of drug-likeness (QED) is 0.447. The minimum Gasteiger partial charge on any atom is -0.492 e. The molecule has 0 aliphatic carbocycles. The van der Waals surface area contributed by atoms with Crippen LogP contribution in [0, 0.1) is 6.92 Å². The molecule has 0 bridgehead atoms. The summed E-state index contributed by atoms with van der Waals surface area (Å²) in [4.78, 5) is 12.1. The third kappa shape index (κ3) is 5.27. The van der Waals surface area contributed by atoms with Crippen molar-refractivity contribution in [3.8, 4) is 17.1 Å². The number of nitrogens with zero attached hydrogens (tertiary/aromatic N) is 3. The summed E-state index contributed by atoms with van der Waals surface area (Å²) >= 11 is 7.55. The van der Waals surface area contributed by atoms with Gasteiger partial charge < -0.3 is 14.6 Å². The van der Waals surface area contributed by atoms with E-state index in [2.05, 4.69) is 15.5 Å². The van der Waals surface area contributed by atoms with Crippen molar-refractivity contribution < 1.29 is 9.53 Å². The van der Waals surface area contributed by atoms with Gasteiger partial charge in [0.15, 0.2) is 11.0 Å². The standard InChI is InChI=1S/C20H21ClN4O2S/c1-14-6-5-7-15(12-14)27-11-10-22-18(26)13-28-20-24-23-19(25(20)2)16-8-3-4-9-17(16)21/h3-9,12H,10-11,13H2,1-2H3,(H,22,26). The molecule has 1 N–H and O–H groups in total. The van der Waals surface area contributed by atoms with Crippen LogP contribution in [0.25, 0.3) is 11.4 Å². The first-order valence-corrected chi connectivity index (χ1v) is 10.1. The molecule has 146 valence electrons. The van der Waals surface area contributed by atoms with Crippen molar-refractivity contribution in [2.24, 2.45) is 7.05 Å². The molecule has 1 amide bonds. The second-order valence-electron chi connectivity index (χ2n) is 6.15. The van der Waals surface area contributed by atoms with Gasteiger partial charge in [0.2, 0.25) is 5.91 Å². The van der Waals surface area contributed by atoms with Gasteiger partial charge in [0, 0.05) is 12.6 Å². The molecule has 28 heavy (non-hydrogen) atoms. The van der Waals surface area contributed by atoms with E-state index < -0.39 is 0 Å². The van der Waals surface area contributed by atoms with Crippen molar-refractivity contribution in [2.45, 2.75) is 12.1 Å². The second-order valence-corrected chi connectivity index (χ2v) is 7.50. The lowest BCUT2D eigenvalue weighted by Crippen LogP contribution is -2.29. The molecule has 3 aromatic rings. The smallest absolute Gasteiger partial charge is 0.230 e. The third-order valence-electron chi connectivity index (χ3n) is 3.96. The second kappa shape index (κ2) is 9.61. The highest BCUT2D eigenvalue weighted by atomic mass is 35.5. The normalized spacial score (nSPS) is 10.7. The summed E-state index contributed by atoms with van der Waals surface area (Å²) in [6.07, 6.45) is 0. The van der Waals surface area contributed by atoms with Crippen LogP contribution < -0.4 is 10.1 Å². The zero-order chi connectivity index (χ0) is 19.9. The summed E-state index contributed by atoms with van der Waals surface area (Å²) in [5.74, 6) is 1.63. The first-order chi connectivity index (χ1) is 13.5. The minimum atomic E-state index is -0.0832. The molecule has 0 fully saturated rings. The maximum Gasteiger partial charge on any atom is 0.230 e. The maximum atomic E-state index is 12.1. The molecule has 0 saturated carbocycles. The Hall–Kier alpha value is -2.51. The highest BCUT2D eigenvalue weighted by Gasteiger charge is 2.14. The van der Waals surface area contributed by atoms with Gasteiger partial charge in [-0.2, -0.15) is 0 Å². The predicted molar refractivity (Wildman–Crippen MR) is 112 cm³/mol. The molecule has 0 radical (unpaired) electrons. The number of carbonyl (C=O) groups is 1. The molecular weight excluding hydrogens is 396 g/mol. The van der Waals surface area contributed by atoms with Crippen LogP contribution in [-0.4, -0.2) is 39.6 Å². The van der Waals surface area contributed by atoms with Crippen LogP contribution in [0.5, 0.6) is 5.75 Å². The van der Waals surface area contributed by atoms with Crippen LogP contribution in [0.15, 0.2) is 53.7 Å². The van der Waals surface area contributed by atoms with Crippen molar-refractivity contribution in [2.75, 3.05) is 18.9 Å². The number of nitrogens with one attached hydrogen (secondary N) is 1. The van der Waals surface area contributed by atoms with Gasteiger partial charge in [-0.05, 0) is 36.8 Å². The summed E-state index contributed by atoms with van der Waals surface area (Å²) in [5.41, 5.74) is 1.95. The van der Waals surface area contributed by atoms with E-state index >= 15 is 0 Å². The van der Waals surface area contributed by atoms with E-state index in [-0.39, 0.29) is 11.7 Å². The van der Waals surface area contributed by atoms with Crippen LogP contribution in [0.3, 0.4) is 0 Å². The lowest BCUT2D eigenvalue weighted by molar-refractivity contribution is -0.118. The summed E-state index contributed by atoms with van der Waals surface area (Å²) in [6.45, 7) is 2.87. The van der Waals surface area contributed by atoms with Gasteiger partial charge in [-0.1, -0.05) is 47.6 Å². The number of aromatic nitrogens is 3. The fraction of sp³-hybridized carbons (Fsp3) is 0.250. The lowest BCUT2D eigenvalue weighted by Gasteiger charge is -2.08. The van der Waals surface area contributed by atoms with Gasteiger partial charge in [0.1, 0.15) is 12.4 Å². The van der Waals surface area contributed by atoms with E-state index in [1.807, 2.05) is 67.1 Å². The van der Waals surface area contributed by atoms with E-state index in [1.54, 1.807) is 0 Å². The highest BCUT2D eigenvalue weighted by molar-refractivity contribution is 7.99. The molecule has 1 heterocycles. The molecule has 0 atom stereocenters. The molecule has 0 aliphatic heterocycles. The fourth-order valence-electron chi connectivity index (χ4n) is 2.56. The Morgan fingerprint density at radius 2 is 2.04 bits per heavy atom. The largest absolute Gasteiger partial charge is 0.492 e. The molecule has 0 aliphatic rings. The number of amides is 1. The molecule has 1 aromatic heterocycles. The summed E-state index contributed by atoms with van der Waals surface area (Å²) < 4.78 is 7.46. The zero-order valence-corrected chi connectivity index (χ0v) is 17.3. The van der Waals surface area contributed by atoms with Gasteiger partial charge in [-0.3, -0.25) is 4.79 Å². The number of carbonyl (C=O) groups excluding carboxylic acids is 1. The van der Waals surface area contributed by atoms with Crippen LogP contribution in [0.1, 0.15) is 5.56 Å². The van der Waals surface area contributed by atoms with Crippen molar-refractivity contribution >= 4 is 29.3 Å². The van der Waals surface area contributed by atoms with Crippen molar-refractivity contribution in [1.82, 2.24) is 20.1 Å². The third-order valence-corrected chi connectivity index (χ3v) is 5.31. The van der Waals surface area contributed by atoms with Gasteiger partial charge >= 0.3 is 0 Å². The van der Waals surface area contributed by atoms with E-state index in [4.69, 9.17) is 16.3 Å². The minimum absolute atomic E-state index is 0.0832. The molecule has 3 rings (SSSR count). The average Bonchev–Trinajstić information content (AvgIpc) is 3.04. The Bertz CT molecular complexity index is 961. The number of thioether (sulfide) groups is 1. The summed E-state index contributed by atoms with van der Waals surface area (Å²) in [5, 5.41) is 12.5. The topological polar surface area (TPSA) is 69.0 Å². The molecule has 0 spiro atoms. The lowest BCUT2D eigenvalue weighted by atomic mass is 10.2. The van der Waals surface area contributed by atoms with Crippen LogP contribution >= 0.6 is 23.4 Å². The van der Waals surface area contributed by atoms with Crippen molar-refractivity contribution in [3.63, 3.8) is 0 Å². The SMILES string of the molecule is Cc1cccc(OCCNC(=O)CSc2nnc(-c3ccccc3Cl)n2C)c1. The number of aryl methyl sites for hydroxylation is 1. The highest BCUT2D eigenvalue weighted by Crippen LogP contribution is 2.28. The van der Waals surface area contributed by atoms with Crippen molar-refractivity contribution in [1.29, 1.82) is 0 Å². The zero-order valence-electron chi connectivity index (χ0n) is 15.7. The van der Waals surface area contributed by atoms with Crippen LogP contribution in [0.4, 0.5) is 0 Å². The fourth-order valence-corrected chi connectivity index (χ4v) is 3.52. The van der Waals surface area contributed by atoms with E-state index in [0.717, 1.165) is 16.9 Å². The molecular formula is C20H21ClN4O2S. The number of hydrogen-bond acceptors (Lipinski definition) is 5. The number of halogens is 1. The number of benzene rings is 2. The average molecular weight is 417 g/mol. The number of rotatable bonds is 8. The van der Waals surface area contributed by atoms with E-state index in [1.165, 1.54) is 11.8 Å². The van der Waals surface area contributed by atoms with Crippen LogP contribution in [0.2, 0.25) is 5.02 Å². The first kappa shape index (κ1) is 20.2. The van der Waals surface area contributed by atoms with Gasteiger partial charge in [-0.25, -0.2) is 0 Å². The Kier molecular flexibility index (Phi) is 6.95. The Morgan fingerprint density at radius 3 is 2.82 bits per heavy atom. The maximum absolute atomic E-state index is 12.1. The number of hydrogen-bond donors (Lipinski definition) is 1. The Labute approximate surface area is 173 Å². The summed E-state index contributed by atoms with van der Waals surface area (Å²) in [7, 11) is 1.86. The van der Waals surface area contributed by atoms with E-state index in [9.17, 15) is 4.79 Å². The molecule has 6 nitrogen and oxygen atoms in total. The molecule has 0 unspecified atom stereocenters. The Morgan fingerprint density at radius 1 is 1.21 bits per heavy atom. The van der Waals surface area contributed by atoms with Crippen molar-refractivity contribution in [3.05, 3.63) is 59.1 Å². The van der Waals surface area contributed by atoms with Gasteiger partial charge in [-0.15, -0.1) is 10.2 Å². The molecule has 8 heteroatoms. The van der Waals surface area contributed by atoms with Crippen LogP contribution in [-0.2, 0) is 11.8 Å². The molecule has 2 aromatic carbocycles. The Balaban J connectivity index is 1.45. The van der Waals surface area contributed by atoms with Gasteiger partial charge in [0.25, 0.3) is 0 Å². The first-order valence-electron chi connectivity index (χ1n) is 8.78. The monoisotopic (exact) mass is 416 g/mol. The van der Waals surface area contributed by atoms with Gasteiger partial charge in [0.05, 0.1) is 17.3 Å². The summed E-state index contributed by atoms with van der Waals surface area (Å²) in [6, 6.07) is 15.3. The predicted octanol–water partition coefficient (Wildman–Crippen LogP) is 3.73. The molecule has 0 saturated heterocycles. The number of ether oxygens (including phenoxy) is 1. The van der Waals surface area contributed by atoms with E-state index in [0.29, 0.717) is 29.2 Å².